The largest absolute Gasteiger partial charge is 0.454 e. The number of carbonyl (C=O) groups is 1. The number of ether oxygens (including phenoxy) is 2. The van der Waals surface area contributed by atoms with Crippen LogP contribution in [0.5, 0.6) is 0 Å². The lowest BCUT2D eigenvalue weighted by atomic mass is 10.3. The van der Waals surface area contributed by atoms with Crippen LogP contribution in [0.4, 0.5) is 0 Å². The first-order valence-electron chi connectivity index (χ1n) is 6.33. The number of pyridine rings is 1. The third kappa shape index (κ3) is 4.22. The maximum absolute atomic E-state index is 11.6. The van der Waals surface area contributed by atoms with Crippen molar-refractivity contribution >= 4 is 5.97 Å². The van der Waals surface area contributed by atoms with E-state index in [4.69, 9.17) is 14.0 Å². The molecule has 0 amide bonds. The summed E-state index contributed by atoms with van der Waals surface area (Å²) in [6, 6.07) is 3.57. The maximum atomic E-state index is 11.6. The van der Waals surface area contributed by atoms with Crippen LogP contribution in [0, 0.1) is 0 Å². The molecule has 0 aliphatic carbocycles. The van der Waals surface area contributed by atoms with E-state index in [9.17, 15) is 4.79 Å². The normalized spacial score (nSPS) is 11.9. The van der Waals surface area contributed by atoms with Gasteiger partial charge in [-0.3, -0.25) is 4.98 Å². The van der Waals surface area contributed by atoms with Gasteiger partial charge in [0.2, 0.25) is 5.82 Å². The van der Waals surface area contributed by atoms with Crippen molar-refractivity contribution in [3.8, 4) is 11.4 Å². The summed E-state index contributed by atoms with van der Waals surface area (Å²) in [5, 5.41) is 3.80. The van der Waals surface area contributed by atoms with Crippen LogP contribution in [0.1, 0.15) is 12.8 Å². The molecule has 0 saturated heterocycles. The third-order valence-corrected chi connectivity index (χ3v) is 2.52. The van der Waals surface area contributed by atoms with Crippen LogP contribution in [-0.2, 0) is 20.9 Å². The van der Waals surface area contributed by atoms with Crippen molar-refractivity contribution in [1.82, 2.24) is 15.1 Å². The average molecular weight is 289 g/mol. The minimum Gasteiger partial charge on any atom is -0.454 e. The quantitative estimate of drug-likeness (QED) is 0.567. The minimum absolute atomic E-state index is 0.103. The fourth-order valence-corrected chi connectivity index (χ4v) is 1.46. The Balaban J connectivity index is 1.88. The van der Waals surface area contributed by atoms with Crippen molar-refractivity contribution in [2.45, 2.75) is 19.6 Å². The second-order valence-corrected chi connectivity index (χ2v) is 4.13. The molecule has 0 spiro atoms. The van der Waals surface area contributed by atoms with Crippen molar-refractivity contribution in [2.24, 2.45) is 0 Å². The van der Waals surface area contributed by atoms with E-state index in [-0.39, 0.29) is 19.1 Å². The molecule has 1 atom stereocenters. The van der Waals surface area contributed by atoms with Gasteiger partial charge in [0.05, 0.1) is 6.61 Å². The molecule has 2 rings (SSSR count). The molecule has 0 aliphatic heterocycles. The first-order valence-corrected chi connectivity index (χ1v) is 6.33. The SMILES string of the molecule is C=CCOC(C)C(=O)OCc1nc(-c2cccnc2)no1. The summed E-state index contributed by atoms with van der Waals surface area (Å²) in [6.45, 7) is 5.28. The molecule has 0 aromatic carbocycles. The molecule has 7 nitrogen and oxygen atoms in total. The summed E-state index contributed by atoms with van der Waals surface area (Å²) in [6.07, 6.45) is 4.15. The number of hydrogen-bond donors (Lipinski definition) is 0. The Hall–Kier alpha value is -2.54. The monoisotopic (exact) mass is 289 g/mol. The van der Waals surface area contributed by atoms with Crippen LogP contribution < -0.4 is 0 Å². The van der Waals surface area contributed by atoms with E-state index < -0.39 is 12.1 Å². The summed E-state index contributed by atoms with van der Waals surface area (Å²) >= 11 is 0. The van der Waals surface area contributed by atoms with Crippen molar-refractivity contribution in [1.29, 1.82) is 0 Å². The number of nitrogens with zero attached hydrogens (tertiary/aromatic N) is 3. The number of carbonyl (C=O) groups excluding carboxylic acids is 1. The van der Waals surface area contributed by atoms with Crippen molar-refractivity contribution < 1.29 is 18.8 Å². The van der Waals surface area contributed by atoms with Crippen LogP contribution >= 0.6 is 0 Å². The number of aromatic nitrogens is 3. The zero-order chi connectivity index (χ0) is 15.1. The smallest absolute Gasteiger partial charge is 0.335 e. The average Bonchev–Trinajstić information content (AvgIpc) is 3.00. The minimum atomic E-state index is -0.677. The van der Waals surface area contributed by atoms with Gasteiger partial charge < -0.3 is 14.0 Å². The zero-order valence-electron chi connectivity index (χ0n) is 11.6. The van der Waals surface area contributed by atoms with Gasteiger partial charge in [0.15, 0.2) is 12.7 Å². The molecule has 2 aromatic rings. The van der Waals surface area contributed by atoms with Gasteiger partial charge >= 0.3 is 5.97 Å². The van der Waals surface area contributed by atoms with E-state index in [0.717, 1.165) is 5.56 Å². The topological polar surface area (TPSA) is 87.3 Å². The van der Waals surface area contributed by atoms with Gasteiger partial charge in [0.25, 0.3) is 5.89 Å². The van der Waals surface area contributed by atoms with Crippen LogP contribution in [0.2, 0.25) is 0 Å². The number of hydrogen-bond acceptors (Lipinski definition) is 7. The second-order valence-electron chi connectivity index (χ2n) is 4.13. The lowest BCUT2D eigenvalue weighted by molar-refractivity contribution is -0.157. The highest BCUT2D eigenvalue weighted by atomic mass is 16.6. The Morgan fingerprint density at radius 2 is 2.43 bits per heavy atom. The Morgan fingerprint density at radius 3 is 3.14 bits per heavy atom. The van der Waals surface area contributed by atoms with E-state index in [1.54, 1.807) is 37.5 Å². The third-order valence-electron chi connectivity index (χ3n) is 2.52. The fraction of sp³-hybridized carbons (Fsp3) is 0.286. The highest BCUT2D eigenvalue weighted by Gasteiger charge is 2.16. The van der Waals surface area contributed by atoms with E-state index in [1.165, 1.54) is 0 Å². The van der Waals surface area contributed by atoms with Crippen LogP contribution in [-0.4, -0.2) is 33.8 Å². The molecular weight excluding hydrogens is 274 g/mol. The molecule has 110 valence electrons. The Kier molecular flexibility index (Phi) is 5.16. The fourth-order valence-electron chi connectivity index (χ4n) is 1.46. The lowest BCUT2D eigenvalue weighted by Gasteiger charge is -2.09. The summed E-state index contributed by atoms with van der Waals surface area (Å²) < 4.78 is 15.2. The van der Waals surface area contributed by atoms with Crippen LogP contribution in [0.15, 0.2) is 41.7 Å². The van der Waals surface area contributed by atoms with E-state index in [1.807, 2.05) is 0 Å². The molecule has 0 N–H and O–H groups in total. The van der Waals surface area contributed by atoms with Crippen LogP contribution in [0.3, 0.4) is 0 Å². The van der Waals surface area contributed by atoms with Crippen LogP contribution in [0.25, 0.3) is 11.4 Å². The lowest BCUT2D eigenvalue weighted by Crippen LogP contribution is -2.23. The molecule has 0 fully saturated rings. The van der Waals surface area contributed by atoms with Gasteiger partial charge in [-0.2, -0.15) is 4.98 Å². The number of rotatable bonds is 7. The standard InChI is InChI=1S/C14H15N3O4/c1-3-7-19-10(2)14(18)20-9-12-16-13(17-21-12)11-5-4-6-15-8-11/h3-6,8,10H,1,7,9H2,2H3. The molecule has 0 aliphatic rings. The molecule has 2 aromatic heterocycles. The first kappa shape index (κ1) is 14.9. The molecule has 0 saturated carbocycles. The molecule has 0 bridgehead atoms. The zero-order valence-corrected chi connectivity index (χ0v) is 11.6. The van der Waals surface area contributed by atoms with Crippen molar-refractivity contribution in [3.63, 3.8) is 0 Å². The Morgan fingerprint density at radius 1 is 1.57 bits per heavy atom. The Labute approximate surface area is 121 Å². The first-order chi connectivity index (χ1) is 10.2. The predicted octanol–water partition coefficient (Wildman–Crippen LogP) is 1.77. The van der Waals surface area contributed by atoms with Gasteiger partial charge in [-0.15, -0.1) is 6.58 Å². The van der Waals surface area contributed by atoms with Crippen molar-refractivity contribution in [2.75, 3.05) is 6.61 Å². The van der Waals surface area contributed by atoms with E-state index in [2.05, 4.69) is 21.7 Å². The van der Waals surface area contributed by atoms with Gasteiger partial charge in [0.1, 0.15) is 0 Å². The summed E-state index contributed by atoms with van der Waals surface area (Å²) in [7, 11) is 0. The molecule has 0 radical (unpaired) electrons. The summed E-state index contributed by atoms with van der Waals surface area (Å²) in [4.78, 5) is 19.7. The molecule has 2 heterocycles. The van der Waals surface area contributed by atoms with Gasteiger partial charge in [0, 0.05) is 18.0 Å². The molecule has 7 heteroatoms. The van der Waals surface area contributed by atoms with Gasteiger partial charge in [-0.1, -0.05) is 11.2 Å². The highest BCUT2D eigenvalue weighted by molar-refractivity contribution is 5.74. The van der Waals surface area contributed by atoms with E-state index in [0.29, 0.717) is 5.82 Å². The summed E-state index contributed by atoms with van der Waals surface area (Å²) in [5.74, 6) is 0.0983. The Bertz CT molecular complexity index is 597. The van der Waals surface area contributed by atoms with Gasteiger partial charge in [-0.25, -0.2) is 4.79 Å². The molecule has 1 unspecified atom stereocenters. The highest BCUT2D eigenvalue weighted by Crippen LogP contribution is 2.14. The summed E-state index contributed by atoms with van der Waals surface area (Å²) in [5.41, 5.74) is 0.724. The molecule has 21 heavy (non-hydrogen) atoms. The maximum Gasteiger partial charge on any atom is 0.335 e. The van der Waals surface area contributed by atoms with E-state index >= 15 is 0 Å². The predicted molar refractivity (Wildman–Crippen MR) is 72.9 cm³/mol. The second kappa shape index (κ2) is 7.30. The van der Waals surface area contributed by atoms with Crippen molar-refractivity contribution in [3.05, 3.63) is 43.1 Å². The van der Waals surface area contributed by atoms with Gasteiger partial charge in [-0.05, 0) is 19.1 Å². The number of esters is 1. The molecular formula is C14H15N3O4.